The molecular weight excluding hydrogens is 410 g/mol. The Morgan fingerprint density at radius 1 is 1.13 bits per heavy atom. The van der Waals surface area contributed by atoms with Crippen molar-refractivity contribution in [3.05, 3.63) is 71.4 Å². The predicted molar refractivity (Wildman–Crippen MR) is 124 cm³/mol. The Balaban J connectivity index is 1.27. The molecule has 31 heavy (non-hydrogen) atoms. The maximum atomic E-state index is 13.2. The van der Waals surface area contributed by atoms with E-state index < -0.39 is 0 Å². The number of amides is 1. The molecule has 0 unspecified atom stereocenters. The summed E-state index contributed by atoms with van der Waals surface area (Å²) in [7, 11) is 0. The maximum absolute atomic E-state index is 13.2. The molecule has 0 atom stereocenters. The molecule has 2 aliphatic rings. The van der Waals surface area contributed by atoms with Crippen molar-refractivity contribution >= 4 is 17.5 Å². The number of piperidine rings is 1. The average Bonchev–Trinajstić information content (AvgIpc) is 2.94. The first-order valence-electron chi connectivity index (χ1n) is 11.1. The van der Waals surface area contributed by atoms with Gasteiger partial charge in [-0.05, 0) is 76.5 Å². The summed E-state index contributed by atoms with van der Waals surface area (Å²) >= 11 is 6.13. The zero-order valence-corrected chi connectivity index (χ0v) is 18.9. The van der Waals surface area contributed by atoms with E-state index in [2.05, 4.69) is 22.0 Å². The molecule has 2 aliphatic heterocycles. The average molecular weight is 440 g/mol. The van der Waals surface area contributed by atoms with Crippen LogP contribution in [0.15, 0.2) is 54.6 Å². The third-order valence-corrected chi connectivity index (χ3v) is 6.49. The number of nitrogens with zero attached hydrogens (tertiary/aromatic N) is 3. The first kappa shape index (κ1) is 21.8. The smallest absolute Gasteiger partial charge is 0.261 e. The topological polar surface area (TPSA) is 45.7 Å². The Morgan fingerprint density at radius 3 is 2.68 bits per heavy atom. The number of likely N-dealkylation sites (tertiary alicyclic amines) is 1. The number of hydrogen-bond acceptors (Lipinski definition) is 4. The predicted octanol–water partition coefficient (Wildman–Crippen LogP) is 4.96. The molecule has 0 aliphatic carbocycles. The van der Waals surface area contributed by atoms with Gasteiger partial charge in [-0.25, -0.2) is 0 Å². The number of fused-ring (bicyclic) bond motifs is 1. The molecule has 0 saturated carbocycles. The highest BCUT2D eigenvalue weighted by Crippen LogP contribution is 2.28. The molecule has 1 aromatic heterocycles. The number of carbonyl (C=O) groups excluding carboxylic acids is 1. The number of aromatic nitrogens is 1. The monoisotopic (exact) mass is 439 g/mol. The first-order valence-corrected chi connectivity index (χ1v) is 11.7. The fourth-order valence-corrected chi connectivity index (χ4v) is 4.62. The summed E-state index contributed by atoms with van der Waals surface area (Å²) in [6.07, 6.45) is 7.81. The third kappa shape index (κ3) is 5.28. The lowest BCUT2D eigenvalue weighted by molar-refractivity contribution is 0.0804. The molecule has 0 bridgehead atoms. The largest absolute Gasteiger partial charge is 0.462 e. The Labute approximate surface area is 189 Å². The van der Waals surface area contributed by atoms with Gasteiger partial charge in [0.1, 0.15) is 12.0 Å². The molecule has 1 aromatic carbocycles. The number of hydrogen-bond donors (Lipinski definition) is 0. The number of alkyl halides is 1. The molecule has 3 heterocycles. The molecule has 1 amide bonds. The van der Waals surface area contributed by atoms with Crippen molar-refractivity contribution in [2.45, 2.75) is 38.5 Å². The highest BCUT2D eigenvalue weighted by molar-refractivity contribution is 6.19. The lowest BCUT2D eigenvalue weighted by atomic mass is 9.93. The number of allylic oxidation sites excluding steroid dienone is 1. The van der Waals surface area contributed by atoms with Gasteiger partial charge in [-0.2, -0.15) is 0 Å². The van der Waals surface area contributed by atoms with Crippen molar-refractivity contribution in [1.29, 1.82) is 0 Å². The van der Waals surface area contributed by atoms with Crippen molar-refractivity contribution in [2.24, 2.45) is 0 Å². The summed E-state index contributed by atoms with van der Waals surface area (Å²) in [5.41, 5.74) is 3.59. The van der Waals surface area contributed by atoms with Crippen LogP contribution in [-0.2, 0) is 0 Å². The van der Waals surface area contributed by atoms with Gasteiger partial charge < -0.3 is 14.5 Å². The second-order valence-electron chi connectivity index (χ2n) is 8.39. The molecule has 0 radical (unpaired) electrons. The van der Waals surface area contributed by atoms with Crippen molar-refractivity contribution in [3.8, 4) is 5.75 Å². The molecule has 164 valence electrons. The molecular formula is C25H30ClN3O2. The summed E-state index contributed by atoms with van der Waals surface area (Å²) < 4.78 is 5.73. The van der Waals surface area contributed by atoms with Crippen LogP contribution in [0.5, 0.6) is 5.75 Å². The highest BCUT2D eigenvalue weighted by Gasteiger charge is 2.26. The van der Waals surface area contributed by atoms with E-state index in [-0.39, 0.29) is 11.8 Å². The van der Waals surface area contributed by atoms with Crippen LogP contribution in [0.1, 0.15) is 53.2 Å². The molecule has 2 aromatic rings. The van der Waals surface area contributed by atoms with Crippen LogP contribution in [0, 0.1) is 6.92 Å². The zero-order chi connectivity index (χ0) is 21.6. The second-order valence-corrected chi connectivity index (χ2v) is 8.66. The van der Waals surface area contributed by atoms with E-state index in [1.54, 1.807) is 11.2 Å². The highest BCUT2D eigenvalue weighted by atomic mass is 35.5. The number of benzene rings is 1. The minimum absolute atomic E-state index is 0.0284. The van der Waals surface area contributed by atoms with Gasteiger partial charge in [-0.15, -0.1) is 11.6 Å². The standard InChI is InChI=1S/C25H30ClN3O2/c1-19-7-8-24-22(16-19)25(30)29(21(17-26)18-31-24)13-5-4-12-28-14-9-20(10-15-28)23-6-2-3-11-27-23/h2-3,6-8,11,16,18,20H,4-5,9-10,12-15,17H2,1H3. The Bertz CT molecular complexity index is 924. The van der Waals surface area contributed by atoms with Gasteiger partial charge in [-0.3, -0.25) is 9.78 Å². The van der Waals surface area contributed by atoms with E-state index >= 15 is 0 Å². The van der Waals surface area contributed by atoms with E-state index in [9.17, 15) is 4.79 Å². The van der Waals surface area contributed by atoms with Crippen molar-refractivity contribution < 1.29 is 9.53 Å². The summed E-state index contributed by atoms with van der Waals surface area (Å²) in [4.78, 5) is 22.0. The van der Waals surface area contributed by atoms with E-state index in [1.807, 2.05) is 37.4 Å². The molecule has 1 saturated heterocycles. The van der Waals surface area contributed by atoms with Gasteiger partial charge in [-0.1, -0.05) is 17.7 Å². The van der Waals surface area contributed by atoms with E-state index in [0.717, 1.165) is 56.6 Å². The van der Waals surface area contributed by atoms with Gasteiger partial charge in [0, 0.05) is 24.4 Å². The summed E-state index contributed by atoms with van der Waals surface area (Å²) in [6, 6.07) is 11.9. The lowest BCUT2D eigenvalue weighted by Crippen LogP contribution is -2.35. The van der Waals surface area contributed by atoms with Gasteiger partial charge >= 0.3 is 0 Å². The SMILES string of the molecule is Cc1ccc2c(c1)C(=O)N(CCCCN1CCC(c3ccccn3)CC1)C(CCl)=CO2. The zero-order valence-electron chi connectivity index (χ0n) is 18.1. The van der Waals surface area contributed by atoms with Crippen LogP contribution in [0.25, 0.3) is 0 Å². The molecule has 6 heteroatoms. The summed E-state index contributed by atoms with van der Waals surface area (Å²) in [5, 5.41) is 0. The molecule has 1 fully saturated rings. The van der Waals surface area contributed by atoms with Gasteiger partial charge in [0.15, 0.2) is 0 Å². The Kier molecular flexibility index (Phi) is 7.25. The number of aryl methyl sites for hydroxylation is 1. The van der Waals surface area contributed by atoms with Gasteiger partial charge in [0.25, 0.3) is 5.91 Å². The molecule has 0 N–H and O–H groups in total. The van der Waals surface area contributed by atoms with Gasteiger partial charge in [0.05, 0.1) is 17.1 Å². The fourth-order valence-electron chi connectivity index (χ4n) is 4.41. The van der Waals surface area contributed by atoms with E-state index in [0.29, 0.717) is 23.8 Å². The number of pyridine rings is 1. The van der Waals surface area contributed by atoms with Gasteiger partial charge in [0.2, 0.25) is 0 Å². The fraction of sp³-hybridized carbons (Fsp3) is 0.440. The summed E-state index contributed by atoms with van der Waals surface area (Å²) in [5.74, 6) is 1.39. The van der Waals surface area contributed by atoms with Crippen LogP contribution in [0.2, 0.25) is 0 Å². The third-order valence-electron chi connectivity index (χ3n) is 6.22. The van der Waals surface area contributed by atoms with Crippen LogP contribution < -0.4 is 4.74 Å². The Morgan fingerprint density at radius 2 is 1.94 bits per heavy atom. The lowest BCUT2D eigenvalue weighted by Gasteiger charge is -2.32. The normalized spacial score (nSPS) is 17.7. The van der Waals surface area contributed by atoms with Crippen LogP contribution in [-0.4, -0.2) is 52.8 Å². The Hall–Kier alpha value is -2.37. The first-order chi connectivity index (χ1) is 15.2. The molecule has 0 spiro atoms. The minimum Gasteiger partial charge on any atom is -0.462 e. The summed E-state index contributed by atoms with van der Waals surface area (Å²) in [6.45, 7) is 5.91. The van der Waals surface area contributed by atoms with Crippen LogP contribution in [0.3, 0.4) is 0 Å². The van der Waals surface area contributed by atoms with Crippen molar-refractivity contribution in [2.75, 3.05) is 32.1 Å². The number of unbranched alkanes of at least 4 members (excludes halogenated alkanes) is 1. The van der Waals surface area contributed by atoms with E-state index in [1.165, 1.54) is 5.69 Å². The minimum atomic E-state index is -0.0284. The van der Waals surface area contributed by atoms with Crippen molar-refractivity contribution in [3.63, 3.8) is 0 Å². The van der Waals surface area contributed by atoms with Crippen LogP contribution in [0.4, 0.5) is 0 Å². The maximum Gasteiger partial charge on any atom is 0.261 e. The number of carbonyl (C=O) groups is 1. The number of rotatable bonds is 7. The number of halogens is 1. The quantitative estimate of drug-likeness (QED) is 0.451. The molecule has 4 rings (SSSR count). The molecule has 5 nitrogen and oxygen atoms in total. The number of ether oxygens (including phenoxy) is 1. The van der Waals surface area contributed by atoms with Crippen LogP contribution >= 0.6 is 11.6 Å². The second kappa shape index (κ2) is 10.3. The van der Waals surface area contributed by atoms with Crippen molar-refractivity contribution in [1.82, 2.24) is 14.8 Å². The van der Waals surface area contributed by atoms with E-state index in [4.69, 9.17) is 16.3 Å².